The number of aliphatic imine (C=N–C) groups is 1. The Balaban J connectivity index is 1.84. The minimum absolute atomic E-state index is 0.497. The molecule has 1 heterocycles. The zero-order valence-corrected chi connectivity index (χ0v) is 16.8. The molecular formula is C20H33N3O4. The molecule has 7 heteroatoms. The SMILES string of the molecule is CCOCCCNC(=NCc1ccc(OC)cc1)NCCC1(C)OCCO1. The number of rotatable bonds is 11. The van der Waals surface area contributed by atoms with Crippen molar-refractivity contribution in [3.05, 3.63) is 29.8 Å². The molecule has 0 radical (unpaired) electrons. The number of methoxy groups -OCH3 is 1. The molecule has 7 nitrogen and oxygen atoms in total. The summed E-state index contributed by atoms with van der Waals surface area (Å²) >= 11 is 0. The Hall–Kier alpha value is -1.83. The van der Waals surface area contributed by atoms with Crippen molar-refractivity contribution in [3.8, 4) is 5.75 Å². The van der Waals surface area contributed by atoms with E-state index in [9.17, 15) is 0 Å². The molecule has 0 bridgehead atoms. The molecule has 1 saturated heterocycles. The third-order valence-corrected chi connectivity index (χ3v) is 4.31. The van der Waals surface area contributed by atoms with Crippen LogP contribution < -0.4 is 15.4 Å². The molecule has 1 aliphatic rings. The topological polar surface area (TPSA) is 73.3 Å². The molecule has 2 rings (SSSR count). The fourth-order valence-electron chi connectivity index (χ4n) is 2.71. The molecule has 27 heavy (non-hydrogen) atoms. The second kappa shape index (κ2) is 11.8. The lowest BCUT2D eigenvalue weighted by Crippen LogP contribution is -2.41. The summed E-state index contributed by atoms with van der Waals surface area (Å²) in [7, 11) is 1.67. The van der Waals surface area contributed by atoms with Gasteiger partial charge in [-0.3, -0.25) is 0 Å². The number of ether oxygens (including phenoxy) is 4. The molecule has 1 aromatic carbocycles. The minimum atomic E-state index is -0.497. The van der Waals surface area contributed by atoms with Crippen LogP contribution in [0.5, 0.6) is 5.75 Å². The van der Waals surface area contributed by atoms with Gasteiger partial charge in [0, 0.05) is 32.7 Å². The molecule has 2 N–H and O–H groups in total. The number of nitrogens with zero attached hydrogens (tertiary/aromatic N) is 1. The zero-order valence-electron chi connectivity index (χ0n) is 16.8. The van der Waals surface area contributed by atoms with Crippen molar-refractivity contribution in [3.63, 3.8) is 0 Å². The first-order chi connectivity index (χ1) is 13.1. The van der Waals surface area contributed by atoms with E-state index < -0.39 is 5.79 Å². The lowest BCUT2D eigenvalue weighted by Gasteiger charge is -2.23. The molecule has 152 valence electrons. The molecule has 0 unspecified atom stereocenters. The van der Waals surface area contributed by atoms with E-state index in [1.807, 2.05) is 38.1 Å². The van der Waals surface area contributed by atoms with Crippen LogP contribution in [0.25, 0.3) is 0 Å². The predicted octanol–water partition coefficient (Wildman–Crippen LogP) is 2.31. The van der Waals surface area contributed by atoms with E-state index in [1.165, 1.54) is 0 Å². The van der Waals surface area contributed by atoms with Crippen LogP contribution >= 0.6 is 0 Å². The number of hydrogen-bond acceptors (Lipinski definition) is 5. The summed E-state index contributed by atoms with van der Waals surface area (Å²) < 4.78 is 21.9. The fourth-order valence-corrected chi connectivity index (χ4v) is 2.71. The average molecular weight is 380 g/mol. The summed E-state index contributed by atoms with van der Waals surface area (Å²) in [5, 5.41) is 6.73. The highest BCUT2D eigenvalue weighted by Crippen LogP contribution is 2.21. The van der Waals surface area contributed by atoms with Crippen LogP contribution in [0, 0.1) is 0 Å². The van der Waals surface area contributed by atoms with Gasteiger partial charge in [0.2, 0.25) is 0 Å². The number of hydrogen-bond donors (Lipinski definition) is 2. The van der Waals surface area contributed by atoms with Gasteiger partial charge < -0.3 is 29.6 Å². The number of benzene rings is 1. The van der Waals surface area contributed by atoms with Crippen molar-refractivity contribution in [1.29, 1.82) is 0 Å². The fraction of sp³-hybridized carbons (Fsp3) is 0.650. The molecule has 0 spiro atoms. The Morgan fingerprint density at radius 2 is 1.85 bits per heavy atom. The summed E-state index contributed by atoms with van der Waals surface area (Å²) in [6.45, 7) is 8.90. The summed E-state index contributed by atoms with van der Waals surface area (Å²) in [6, 6.07) is 7.94. The Bertz CT molecular complexity index is 557. The normalized spacial score (nSPS) is 16.3. The predicted molar refractivity (Wildman–Crippen MR) is 106 cm³/mol. The summed E-state index contributed by atoms with van der Waals surface area (Å²) in [5.74, 6) is 1.13. The van der Waals surface area contributed by atoms with Crippen LogP contribution in [0.2, 0.25) is 0 Å². The molecule has 0 aliphatic carbocycles. The van der Waals surface area contributed by atoms with Crippen LogP contribution in [0.15, 0.2) is 29.3 Å². The van der Waals surface area contributed by atoms with E-state index in [4.69, 9.17) is 18.9 Å². The quantitative estimate of drug-likeness (QED) is 0.349. The lowest BCUT2D eigenvalue weighted by molar-refractivity contribution is -0.145. The Morgan fingerprint density at radius 3 is 2.52 bits per heavy atom. The van der Waals surface area contributed by atoms with Gasteiger partial charge in [-0.15, -0.1) is 0 Å². The molecule has 1 aliphatic heterocycles. The van der Waals surface area contributed by atoms with Gasteiger partial charge in [-0.25, -0.2) is 4.99 Å². The van der Waals surface area contributed by atoms with Gasteiger partial charge in [0.05, 0.1) is 26.9 Å². The Labute approximate surface area is 162 Å². The van der Waals surface area contributed by atoms with Crippen molar-refractivity contribution >= 4 is 5.96 Å². The van der Waals surface area contributed by atoms with Gasteiger partial charge in [0.1, 0.15) is 5.75 Å². The van der Waals surface area contributed by atoms with E-state index in [1.54, 1.807) is 7.11 Å². The number of guanidine groups is 1. The second-order valence-electron chi connectivity index (χ2n) is 6.50. The smallest absolute Gasteiger partial charge is 0.191 e. The van der Waals surface area contributed by atoms with Gasteiger partial charge in [0.15, 0.2) is 11.7 Å². The van der Waals surface area contributed by atoms with Gasteiger partial charge in [-0.2, -0.15) is 0 Å². The third kappa shape index (κ3) is 8.15. The standard InChI is InChI=1S/C20H33N3O4/c1-4-25-13-5-11-21-19(22-12-10-20(2)26-14-15-27-20)23-16-17-6-8-18(24-3)9-7-17/h6-9H,4-5,10-16H2,1-3H3,(H2,21,22,23). The van der Waals surface area contributed by atoms with Gasteiger partial charge in [0.25, 0.3) is 0 Å². The van der Waals surface area contributed by atoms with Crippen molar-refractivity contribution in [2.75, 3.05) is 46.6 Å². The monoisotopic (exact) mass is 379 g/mol. The van der Waals surface area contributed by atoms with Crippen LogP contribution in [-0.2, 0) is 20.8 Å². The molecule has 0 aromatic heterocycles. The van der Waals surface area contributed by atoms with Crippen LogP contribution in [-0.4, -0.2) is 58.4 Å². The molecule has 0 atom stereocenters. The van der Waals surface area contributed by atoms with E-state index in [0.717, 1.165) is 56.4 Å². The first-order valence-corrected chi connectivity index (χ1v) is 9.66. The van der Waals surface area contributed by atoms with Crippen molar-refractivity contribution in [2.24, 2.45) is 4.99 Å². The first-order valence-electron chi connectivity index (χ1n) is 9.66. The summed E-state index contributed by atoms with van der Waals surface area (Å²) in [4.78, 5) is 4.69. The van der Waals surface area contributed by atoms with E-state index in [0.29, 0.717) is 19.8 Å². The Kier molecular flexibility index (Phi) is 9.38. The summed E-state index contributed by atoms with van der Waals surface area (Å²) in [5.41, 5.74) is 1.13. The van der Waals surface area contributed by atoms with Gasteiger partial charge in [-0.1, -0.05) is 12.1 Å². The van der Waals surface area contributed by atoms with E-state index in [2.05, 4.69) is 15.6 Å². The lowest BCUT2D eigenvalue weighted by atomic mass is 10.2. The van der Waals surface area contributed by atoms with Crippen molar-refractivity contribution < 1.29 is 18.9 Å². The summed E-state index contributed by atoms with van der Waals surface area (Å²) in [6.07, 6.45) is 1.69. The maximum Gasteiger partial charge on any atom is 0.191 e. The minimum Gasteiger partial charge on any atom is -0.497 e. The van der Waals surface area contributed by atoms with Crippen LogP contribution in [0.3, 0.4) is 0 Å². The van der Waals surface area contributed by atoms with Crippen LogP contribution in [0.4, 0.5) is 0 Å². The van der Waals surface area contributed by atoms with Crippen molar-refractivity contribution in [1.82, 2.24) is 10.6 Å². The van der Waals surface area contributed by atoms with Crippen LogP contribution in [0.1, 0.15) is 32.3 Å². The molecule has 0 saturated carbocycles. The third-order valence-electron chi connectivity index (χ3n) is 4.31. The van der Waals surface area contributed by atoms with E-state index >= 15 is 0 Å². The highest BCUT2D eigenvalue weighted by Gasteiger charge is 2.30. The van der Waals surface area contributed by atoms with Gasteiger partial charge >= 0.3 is 0 Å². The largest absolute Gasteiger partial charge is 0.497 e. The molecule has 0 amide bonds. The number of nitrogens with one attached hydrogen (secondary N) is 2. The van der Waals surface area contributed by atoms with Gasteiger partial charge in [-0.05, 0) is 38.0 Å². The molecule has 1 fully saturated rings. The maximum absolute atomic E-state index is 5.65. The Morgan fingerprint density at radius 1 is 1.15 bits per heavy atom. The highest BCUT2D eigenvalue weighted by molar-refractivity contribution is 5.79. The molecular weight excluding hydrogens is 346 g/mol. The van der Waals surface area contributed by atoms with Crippen molar-refractivity contribution in [2.45, 2.75) is 39.0 Å². The highest BCUT2D eigenvalue weighted by atomic mass is 16.7. The zero-order chi connectivity index (χ0) is 19.4. The maximum atomic E-state index is 5.65. The molecule has 1 aromatic rings. The van der Waals surface area contributed by atoms with E-state index in [-0.39, 0.29) is 0 Å². The average Bonchev–Trinajstić information content (AvgIpc) is 3.12. The first kappa shape index (κ1) is 21.5. The second-order valence-corrected chi connectivity index (χ2v) is 6.50.